The van der Waals surface area contributed by atoms with Gasteiger partial charge in [-0.15, -0.1) is 0 Å². The summed E-state index contributed by atoms with van der Waals surface area (Å²) < 4.78 is 0. The molecule has 0 aliphatic rings. The molecule has 3 nitrogen and oxygen atoms in total. The van der Waals surface area contributed by atoms with Gasteiger partial charge in [0.2, 0.25) is 0 Å². The van der Waals surface area contributed by atoms with Crippen LogP contribution in [0.1, 0.15) is 92.9 Å². The van der Waals surface area contributed by atoms with Crippen molar-refractivity contribution in [3.63, 3.8) is 0 Å². The Labute approximate surface area is 163 Å². The van der Waals surface area contributed by atoms with E-state index >= 15 is 0 Å². The Morgan fingerprint density at radius 1 is 0.652 bits per heavy atom. The fourth-order valence-electron chi connectivity index (χ4n) is 3.03. The molecule has 0 aliphatic heterocycles. The summed E-state index contributed by atoms with van der Waals surface area (Å²) in [5.41, 5.74) is 4.68. The van der Waals surface area contributed by atoms with Gasteiger partial charge < -0.3 is 40.7 Å². The first-order valence-electron chi connectivity index (χ1n) is 9.10. The van der Waals surface area contributed by atoms with Crippen LogP contribution in [0.2, 0.25) is 0 Å². The van der Waals surface area contributed by atoms with Crippen molar-refractivity contribution in [2.24, 2.45) is 23.2 Å². The molecule has 0 radical (unpaired) electrons. The van der Waals surface area contributed by atoms with Gasteiger partial charge in [0.25, 0.3) is 0 Å². The van der Waals surface area contributed by atoms with Crippen molar-refractivity contribution < 1.29 is 40.7 Å². The standard InChI is InChI=1S/C19H41N.HI.2H2O/c1-16(2)8-12-19(11-7-15-20,13-9-17(3)4)14-10-18(5)6;;;/h16-18H,7-15,20H2,1-6H3;1H;2*1H2. The highest BCUT2D eigenvalue weighted by atomic mass is 127. The average molecular weight is 447 g/mol. The van der Waals surface area contributed by atoms with Gasteiger partial charge in [0.15, 0.2) is 0 Å². The third-order valence-electron chi connectivity index (χ3n) is 4.71. The molecule has 0 spiro atoms. The second-order valence-electron chi connectivity index (χ2n) is 8.25. The summed E-state index contributed by atoms with van der Waals surface area (Å²) in [7, 11) is 0. The molecule has 0 amide bonds. The second-order valence-corrected chi connectivity index (χ2v) is 8.25. The molecule has 0 fully saturated rings. The molecule has 146 valence electrons. The monoisotopic (exact) mass is 447 g/mol. The van der Waals surface area contributed by atoms with E-state index in [1.165, 1.54) is 51.4 Å². The smallest absolute Gasteiger partial charge is 0.0740 e. The molecular weight excluding hydrogens is 401 g/mol. The van der Waals surface area contributed by atoms with Gasteiger partial charge in [-0.25, -0.2) is 0 Å². The zero-order valence-electron chi connectivity index (χ0n) is 16.7. The van der Waals surface area contributed by atoms with E-state index in [9.17, 15) is 0 Å². The maximum absolute atomic E-state index is 4.07. The Hall–Kier alpha value is 0.610. The van der Waals surface area contributed by atoms with Crippen molar-refractivity contribution in [3.05, 3.63) is 0 Å². The molecule has 0 atom stereocenters. The molecule has 0 rings (SSSR count). The van der Waals surface area contributed by atoms with Gasteiger partial charge >= 0.3 is 0 Å². The summed E-state index contributed by atoms with van der Waals surface area (Å²) >= 11 is 0. The first kappa shape index (κ1) is 31.4. The van der Waals surface area contributed by atoms with Crippen LogP contribution in [0.5, 0.6) is 0 Å². The van der Waals surface area contributed by atoms with Crippen LogP contribution >= 0.6 is 0 Å². The van der Waals surface area contributed by atoms with Crippen molar-refractivity contribution in [2.75, 3.05) is 6.54 Å². The second kappa shape index (κ2) is 17.4. The molecule has 0 heterocycles. The quantitative estimate of drug-likeness (QED) is 0.426. The van der Waals surface area contributed by atoms with Crippen LogP contribution in [0.4, 0.5) is 0 Å². The van der Waals surface area contributed by atoms with E-state index in [-0.39, 0.29) is 34.9 Å². The number of hydrogen-bond acceptors (Lipinski definition) is 0. The van der Waals surface area contributed by atoms with Gasteiger partial charge in [-0.3, -0.25) is 0 Å². The average Bonchev–Trinajstić information content (AvgIpc) is 2.36. The van der Waals surface area contributed by atoms with Crippen LogP contribution in [0.25, 0.3) is 0 Å². The highest BCUT2D eigenvalue weighted by molar-refractivity contribution is 4.81. The Kier molecular flexibility index (Phi) is 23.8. The fraction of sp³-hybridized carbons (Fsp3) is 1.00. The van der Waals surface area contributed by atoms with Crippen LogP contribution in [-0.4, -0.2) is 17.5 Å². The lowest BCUT2D eigenvalue weighted by Crippen LogP contribution is -3.00. The molecule has 0 bridgehead atoms. The Balaban J connectivity index is -0.000000602. The number of quaternary nitrogens is 1. The summed E-state index contributed by atoms with van der Waals surface area (Å²) in [5.74, 6) is 2.52. The lowest BCUT2D eigenvalue weighted by molar-refractivity contribution is -0.369. The molecule has 7 N–H and O–H groups in total. The molecular formula is C19H46INO2. The molecule has 0 aromatic carbocycles. The molecule has 0 saturated carbocycles. The zero-order valence-corrected chi connectivity index (χ0v) is 18.8. The lowest BCUT2D eigenvalue weighted by atomic mass is 9.69. The third-order valence-corrected chi connectivity index (χ3v) is 4.71. The predicted molar refractivity (Wildman–Crippen MR) is 98.9 cm³/mol. The minimum atomic E-state index is 0. The van der Waals surface area contributed by atoms with E-state index in [4.69, 9.17) is 0 Å². The molecule has 4 heteroatoms. The first-order valence-corrected chi connectivity index (χ1v) is 9.10. The van der Waals surface area contributed by atoms with Crippen LogP contribution < -0.4 is 29.7 Å². The Bertz CT molecular complexity index is 202. The molecule has 0 aliphatic carbocycles. The van der Waals surface area contributed by atoms with E-state index in [1.54, 1.807) is 0 Å². The van der Waals surface area contributed by atoms with E-state index < -0.39 is 0 Å². The third kappa shape index (κ3) is 17.2. The summed E-state index contributed by atoms with van der Waals surface area (Å²) in [6.45, 7) is 15.3. The van der Waals surface area contributed by atoms with Crippen molar-refractivity contribution in [1.82, 2.24) is 0 Å². The highest BCUT2D eigenvalue weighted by Gasteiger charge is 2.29. The minimum Gasteiger partial charge on any atom is -1.00 e. The van der Waals surface area contributed by atoms with Crippen molar-refractivity contribution in [2.45, 2.75) is 92.9 Å². The van der Waals surface area contributed by atoms with Gasteiger partial charge in [-0.05, 0) is 55.3 Å². The minimum absolute atomic E-state index is 0. The van der Waals surface area contributed by atoms with Gasteiger partial charge in [-0.2, -0.15) is 0 Å². The van der Waals surface area contributed by atoms with Crippen molar-refractivity contribution >= 4 is 0 Å². The maximum atomic E-state index is 4.07. The maximum Gasteiger partial charge on any atom is 0.0740 e. The Morgan fingerprint density at radius 2 is 0.957 bits per heavy atom. The van der Waals surface area contributed by atoms with Gasteiger partial charge in [0.1, 0.15) is 0 Å². The van der Waals surface area contributed by atoms with Crippen LogP contribution in [0.3, 0.4) is 0 Å². The van der Waals surface area contributed by atoms with Gasteiger partial charge in [0.05, 0.1) is 6.54 Å². The van der Waals surface area contributed by atoms with E-state index in [2.05, 4.69) is 47.3 Å². The van der Waals surface area contributed by atoms with Gasteiger partial charge in [-0.1, -0.05) is 60.8 Å². The Morgan fingerprint density at radius 3 is 1.17 bits per heavy atom. The first-order chi connectivity index (χ1) is 9.31. The van der Waals surface area contributed by atoms with Crippen molar-refractivity contribution in [3.8, 4) is 0 Å². The number of halogens is 1. The van der Waals surface area contributed by atoms with E-state index in [1.807, 2.05) is 0 Å². The van der Waals surface area contributed by atoms with Crippen molar-refractivity contribution in [1.29, 1.82) is 0 Å². The SMILES string of the molecule is CC(C)CCC(CCC[NH3+])(CCC(C)C)CCC(C)C.O.O.[I-]. The summed E-state index contributed by atoms with van der Waals surface area (Å²) in [4.78, 5) is 0. The van der Waals surface area contributed by atoms with Gasteiger partial charge in [0, 0.05) is 0 Å². The normalized spacial score (nSPS) is 11.2. The largest absolute Gasteiger partial charge is 1.00 e. The molecule has 23 heavy (non-hydrogen) atoms. The molecule has 0 unspecified atom stereocenters. The molecule has 0 aromatic rings. The van der Waals surface area contributed by atoms with E-state index in [0.29, 0.717) is 5.41 Å². The van der Waals surface area contributed by atoms with Crippen LogP contribution in [0, 0.1) is 23.2 Å². The zero-order chi connectivity index (χ0) is 15.6. The number of hydrogen-bond donors (Lipinski definition) is 1. The summed E-state index contributed by atoms with van der Waals surface area (Å²) in [6.07, 6.45) is 11.2. The van der Waals surface area contributed by atoms with E-state index in [0.717, 1.165) is 24.3 Å². The van der Waals surface area contributed by atoms with Crippen LogP contribution in [0.15, 0.2) is 0 Å². The fourth-order valence-corrected chi connectivity index (χ4v) is 3.03. The lowest BCUT2D eigenvalue weighted by Gasteiger charge is -2.36. The topological polar surface area (TPSA) is 90.6 Å². The number of rotatable bonds is 12. The summed E-state index contributed by atoms with van der Waals surface area (Å²) in [6, 6.07) is 0. The molecule has 0 saturated heterocycles. The molecule has 0 aromatic heterocycles. The summed E-state index contributed by atoms with van der Waals surface area (Å²) in [5, 5.41) is 0. The predicted octanol–water partition coefficient (Wildman–Crippen LogP) is 0.658. The highest BCUT2D eigenvalue weighted by Crippen LogP contribution is 2.42. The van der Waals surface area contributed by atoms with Crippen LogP contribution in [-0.2, 0) is 0 Å².